The van der Waals surface area contributed by atoms with Crippen LogP contribution in [0.3, 0.4) is 0 Å². The fraction of sp³-hybridized carbons (Fsp3) is 0.500. The lowest BCUT2D eigenvalue weighted by molar-refractivity contribution is -0.149. The summed E-state index contributed by atoms with van der Waals surface area (Å²) in [5.74, 6) is -1.38. The van der Waals surface area contributed by atoms with Crippen molar-refractivity contribution in [2.75, 3.05) is 6.54 Å². The molecule has 0 unspecified atom stereocenters. The zero-order valence-electron chi connectivity index (χ0n) is 8.60. The molecule has 86 valence electrons. The number of carboxylic acids is 1. The quantitative estimate of drug-likeness (QED) is 0.741. The maximum atomic E-state index is 11.6. The second-order valence-electron chi connectivity index (χ2n) is 3.82. The number of amides is 1. The van der Waals surface area contributed by atoms with E-state index < -0.39 is 11.4 Å². The molecule has 1 saturated carbocycles. The molecule has 0 bridgehead atoms. The first-order valence-electron chi connectivity index (χ1n) is 5.05. The molecule has 1 amide bonds. The molecule has 2 rings (SSSR count). The molecule has 0 spiro atoms. The topological polar surface area (TPSA) is 79.3 Å². The molecule has 1 fully saturated rings. The Morgan fingerprint density at radius 1 is 1.56 bits per heavy atom. The highest BCUT2D eigenvalue weighted by atomic mass is 32.1. The van der Waals surface area contributed by atoms with Gasteiger partial charge >= 0.3 is 5.97 Å². The van der Waals surface area contributed by atoms with E-state index in [0.717, 1.165) is 5.01 Å². The molecule has 2 N–H and O–H groups in total. The fourth-order valence-electron chi connectivity index (χ4n) is 1.49. The first-order valence-corrected chi connectivity index (χ1v) is 5.93. The number of thiazole rings is 1. The average molecular weight is 240 g/mol. The molecule has 0 atom stereocenters. The van der Waals surface area contributed by atoms with Crippen molar-refractivity contribution >= 4 is 23.2 Å². The van der Waals surface area contributed by atoms with Crippen molar-refractivity contribution in [1.82, 2.24) is 10.3 Å². The van der Waals surface area contributed by atoms with Crippen molar-refractivity contribution < 1.29 is 14.7 Å². The lowest BCUT2D eigenvalue weighted by Crippen LogP contribution is -2.37. The molecular formula is C10H12N2O3S. The lowest BCUT2D eigenvalue weighted by Gasteiger charge is -2.09. The van der Waals surface area contributed by atoms with Crippen LogP contribution in [0.25, 0.3) is 0 Å². The Labute approximate surface area is 96.5 Å². The number of carbonyl (C=O) groups excluding carboxylic acids is 1. The van der Waals surface area contributed by atoms with Crippen molar-refractivity contribution in [1.29, 1.82) is 0 Å². The van der Waals surface area contributed by atoms with Crippen LogP contribution in [-0.4, -0.2) is 28.5 Å². The standard InChI is InChI=1S/C10H12N2O3S/c13-8(10(2-3-10)9(14)15)12-4-1-7-11-5-6-16-7/h5-6H,1-4H2,(H,12,13)(H,14,15). The zero-order chi connectivity index (χ0) is 11.6. The van der Waals surface area contributed by atoms with Gasteiger partial charge in [0.05, 0.1) is 5.01 Å². The van der Waals surface area contributed by atoms with E-state index in [-0.39, 0.29) is 5.91 Å². The van der Waals surface area contributed by atoms with Crippen molar-refractivity contribution in [2.45, 2.75) is 19.3 Å². The summed E-state index contributed by atoms with van der Waals surface area (Å²) >= 11 is 1.53. The van der Waals surface area contributed by atoms with Gasteiger partial charge in [0, 0.05) is 24.5 Å². The normalized spacial score (nSPS) is 16.8. The largest absolute Gasteiger partial charge is 0.480 e. The molecular weight excluding hydrogens is 228 g/mol. The van der Waals surface area contributed by atoms with E-state index in [1.54, 1.807) is 6.20 Å². The SMILES string of the molecule is O=C(O)C1(C(=O)NCCc2nccs2)CC1. The van der Waals surface area contributed by atoms with Gasteiger partial charge in [-0.25, -0.2) is 4.98 Å². The maximum Gasteiger partial charge on any atom is 0.319 e. The van der Waals surface area contributed by atoms with Gasteiger partial charge in [0.25, 0.3) is 0 Å². The van der Waals surface area contributed by atoms with E-state index in [2.05, 4.69) is 10.3 Å². The molecule has 1 aromatic heterocycles. The summed E-state index contributed by atoms with van der Waals surface area (Å²) < 4.78 is 0. The number of carbonyl (C=O) groups is 2. The van der Waals surface area contributed by atoms with Crippen LogP contribution in [-0.2, 0) is 16.0 Å². The summed E-state index contributed by atoms with van der Waals surface area (Å²) in [7, 11) is 0. The monoisotopic (exact) mass is 240 g/mol. The molecule has 0 radical (unpaired) electrons. The van der Waals surface area contributed by atoms with Gasteiger partial charge < -0.3 is 10.4 Å². The van der Waals surface area contributed by atoms with Crippen LogP contribution in [0.5, 0.6) is 0 Å². The molecule has 1 aliphatic carbocycles. The van der Waals surface area contributed by atoms with Crippen LogP contribution in [0, 0.1) is 5.41 Å². The van der Waals surface area contributed by atoms with Crippen LogP contribution in [0.1, 0.15) is 17.8 Å². The summed E-state index contributed by atoms with van der Waals surface area (Å²) in [5, 5.41) is 14.4. The van der Waals surface area contributed by atoms with Gasteiger partial charge in [0.15, 0.2) is 0 Å². The Morgan fingerprint density at radius 2 is 2.31 bits per heavy atom. The third-order valence-corrected chi connectivity index (χ3v) is 3.54. The molecule has 6 heteroatoms. The van der Waals surface area contributed by atoms with E-state index in [4.69, 9.17) is 5.11 Å². The van der Waals surface area contributed by atoms with Gasteiger partial charge in [-0.15, -0.1) is 11.3 Å². The van der Waals surface area contributed by atoms with Gasteiger partial charge in [-0.1, -0.05) is 0 Å². The summed E-state index contributed by atoms with van der Waals surface area (Å²) in [6, 6.07) is 0. The van der Waals surface area contributed by atoms with Crippen LogP contribution in [0.2, 0.25) is 0 Å². The Balaban J connectivity index is 1.79. The molecule has 0 aromatic carbocycles. The van der Waals surface area contributed by atoms with Crippen LogP contribution in [0.4, 0.5) is 0 Å². The second-order valence-corrected chi connectivity index (χ2v) is 4.80. The summed E-state index contributed by atoms with van der Waals surface area (Å²) in [5.41, 5.74) is -1.14. The second kappa shape index (κ2) is 4.21. The summed E-state index contributed by atoms with van der Waals surface area (Å²) in [6.45, 7) is 0.446. The minimum atomic E-state index is -1.14. The predicted octanol–water partition coefficient (Wildman–Crippen LogP) is 0.667. The zero-order valence-corrected chi connectivity index (χ0v) is 9.42. The Bertz CT molecular complexity index is 398. The Kier molecular flexibility index (Phi) is 2.91. The van der Waals surface area contributed by atoms with Crippen molar-refractivity contribution in [3.8, 4) is 0 Å². The van der Waals surface area contributed by atoms with Gasteiger partial charge in [0.1, 0.15) is 5.41 Å². The fourth-order valence-corrected chi connectivity index (χ4v) is 2.11. The van der Waals surface area contributed by atoms with E-state index in [9.17, 15) is 9.59 Å². The minimum Gasteiger partial charge on any atom is -0.480 e. The number of hydrogen-bond donors (Lipinski definition) is 2. The summed E-state index contributed by atoms with van der Waals surface area (Å²) in [6.07, 6.45) is 3.26. The minimum absolute atomic E-state index is 0.364. The van der Waals surface area contributed by atoms with Gasteiger partial charge in [-0.05, 0) is 12.8 Å². The Hall–Kier alpha value is -1.43. The van der Waals surface area contributed by atoms with Crippen molar-refractivity contribution in [3.63, 3.8) is 0 Å². The van der Waals surface area contributed by atoms with E-state index in [1.165, 1.54) is 11.3 Å². The molecule has 0 saturated heterocycles. The maximum absolute atomic E-state index is 11.6. The van der Waals surface area contributed by atoms with E-state index >= 15 is 0 Å². The average Bonchev–Trinajstić information content (AvgIpc) is 2.92. The smallest absolute Gasteiger partial charge is 0.319 e. The first-order chi connectivity index (χ1) is 7.65. The molecule has 5 nitrogen and oxygen atoms in total. The number of nitrogens with zero attached hydrogens (tertiary/aromatic N) is 1. The number of hydrogen-bond acceptors (Lipinski definition) is 4. The number of aliphatic carboxylic acids is 1. The molecule has 1 aromatic rings. The number of aromatic nitrogens is 1. The van der Waals surface area contributed by atoms with Gasteiger partial charge in [0.2, 0.25) is 5.91 Å². The molecule has 1 heterocycles. The van der Waals surface area contributed by atoms with Crippen LogP contribution < -0.4 is 5.32 Å². The predicted molar refractivity (Wildman–Crippen MR) is 58.1 cm³/mol. The number of rotatable bonds is 5. The highest BCUT2D eigenvalue weighted by molar-refractivity contribution is 7.09. The highest BCUT2D eigenvalue weighted by Crippen LogP contribution is 2.45. The third kappa shape index (κ3) is 2.06. The third-order valence-electron chi connectivity index (χ3n) is 2.70. The molecule has 1 aliphatic rings. The highest BCUT2D eigenvalue weighted by Gasteiger charge is 2.56. The Morgan fingerprint density at radius 3 is 2.81 bits per heavy atom. The van der Waals surface area contributed by atoms with Crippen LogP contribution in [0.15, 0.2) is 11.6 Å². The molecule has 0 aliphatic heterocycles. The van der Waals surface area contributed by atoms with Crippen molar-refractivity contribution in [2.24, 2.45) is 5.41 Å². The van der Waals surface area contributed by atoms with E-state index in [0.29, 0.717) is 25.8 Å². The van der Waals surface area contributed by atoms with Crippen LogP contribution >= 0.6 is 11.3 Å². The summed E-state index contributed by atoms with van der Waals surface area (Å²) in [4.78, 5) is 26.5. The van der Waals surface area contributed by atoms with Gasteiger partial charge in [-0.2, -0.15) is 0 Å². The number of carboxylic acid groups (broad SMARTS) is 1. The van der Waals surface area contributed by atoms with Crippen molar-refractivity contribution in [3.05, 3.63) is 16.6 Å². The van der Waals surface area contributed by atoms with E-state index in [1.807, 2.05) is 5.38 Å². The molecule has 16 heavy (non-hydrogen) atoms. The first kappa shape index (κ1) is 11.1. The number of nitrogens with one attached hydrogen (secondary N) is 1. The lowest BCUT2D eigenvalue weighted by atomic mass is 10.1. The van der Waals surface area contributed by atoms with Gasteiger partial charge in [-0.3, -0.25) is 9.59 Å².